The van der Waals surface area contributed by atoms with Gasteiger partial charge in [0.1, 0.15) is 0 Å². The van der Waals surface area contributed by atoms with Crippen molar-refractivity contribution in [1.82, 2.24) is 4.57 Å². The normalized spacial score (nSPS) is 10.6. The number of halogens is 1. The zero-order valence-electron chi connectivity index (χ0n) is 15.6. The van der Waals surface area contributed by atoms with E-state index in [-0.39, 0.29) is 0 Å². The SMILES string of the molecule is COc1ccc(C(=O)Oc2ccc(Cl)cc2-n2c(C)ccc2C)cc1OC. The third-order valence-corrected chi connectivity index (χ3v) is 4.49. The highest BCUT2D eigenvalue weighted by Crippen LogP contribution is 2.31. The minimum atomic E-state index is -0.498. The molecule has 6 heteroatoms. The smallest absolute Gasteiger partial charge is 0.343 e. The molecule has 1 heterocycles. The molecule has 0 unspecified atom stereocenters. The van der Waals surface area contributed by atoms with Crippen LogP contribution in [0.2, 0.25) is 5.02 Å². The van der Waals surface area contributed by atoms with Crippen LogP contribution in [0.3, 0.4) is 0 Å². The molecule has 140 valence electrons. The third-order valence-electron chi connectivity index (χ3n) is 4.25. The molecule has 0 atom stereocenters. The molecular formula is C21H20ClNO4. The van der Waals surface area contributed by atoms with E-state index in [2.05, 4.69) is 0 Å². The Morgan fingerprint density at radius 2 is 1.48 bits per heavy atom. The van der Waals surface area contributed by atoms with E-state index < -0.39 is 5.97 Å². The largest absolute Gasteiger partial charge is 0.493 e. The fraction of sp³-hybridized carbons (Fsp3) is 0.190. The summed E-state index contributed by atoms with van der Waals surface area (Å²) in [5.41, 5.74) is 3.09. The van der Waals surface area contributed by atoms with Gasteiger partial charge >= 0.3 is 5.97 Å². The molecule has 0 saturated carbocycles. The van der Waals surface area contributed by atoms with Crippen molar-refractivity contribution in [3.8, 4) is 22.9 Å². The van der Waals surface area contributed by atoms with E-state index >= 15 is 0 Å². The molecule has 0 fully saturated rings. The number of ether oxygens (including phenoxy) is 3. The van der Waals surface area contributed by atoms with Gasteiger partial charge < -0.3 is 18.8 Å². The minimum Gasteiger partial charge on any atom is -0.493 e. The number of carbonyl (C=O) groups is 1. The molecular weight excluding hydrogens is 366 g/mol. The number of methoxy groups -OCH3 is 2. The van der Waals surface area contributed by atoms with Crippen LogP contribution in [0.4, 0.5) is 0 Å². The molecule has 0 aliphatic rings. The number of benzene rings is 2. The number of aryl methyl sites for hydroxylation is 2. The van der Waals surface area contributed by atoms with E-state index in [0.717, 1.165) is 11.4 Å². The molecule has 0 aliphatic carbocycles. The van der Waals surface area contributed by atoms with E-state index in [9.17, 15) is 4.79 Å². The third kappa shape index (κ3) is 3.78. The second kappa shape index (κ2) is 7.76. The molecule has 3 aromatic rings. The van der Waals surface area contributed by atoms with Crippen molar-refractivity contribution < 1.29 is 19.0 Å². The quantitative estimate of drug-likeness (QED) is 0.459. The van der Waals surface area contributed by atoms with Gasteiger partial charge in [0.15, 0.2) is 17.2 Å². The lowest BCUT2D eigenvalue weighted by atomic mass is 10.2. The molecule has 0 amide bonds. The summed E-state index contributed by atoms with van der Waals surface area (Å²) in [5.74, 6) is 0.920. The van der Waals surface area contributed by atoms with Crippen LogP contribution in [-0.2, 0) is 0 Å². The van der Waals surface area contributed by atoms with E-state index in [4.69, 9.17) is 25.8 Å². The monoisotopic (exact) mass is 385 g/mol. The van der Waals surface area contributed by atoms with Crippen LogP contribution in [0, 0.1) is 13.8 Å². The number of rotatable bonds is 5. The molecule has 0 spiro atoms. The maximum Gasteiger partial charge on any atom is 0.343 e. The number of esters is 1. The van der Waals surface area contributed by atoms with Crippen LogP contribution >= 0.6 is 11.6 Å². The molecule has 2 aromatic carbocycles. The average Bonchev–Trinajstić information content (AvgIpc) is 3.00. The Hall–Kier alpha value is -2.92. The maximum absolute atomic E-state index is 12.7. The van der Waals surface area contributed by atoms with Gasteiger partial charge in [0, 0.05) is 16.4 Å². The van der Waals surface area contributed by atoms with Crippen molar-refractivity contribution in [3.05, 3.63) is 70.5 Å². The molecule has 0 saturated heterocycles. The Morgan fingerprint density at radius 3 is 2.11 bits per heavy atom. The van der Waals surface area contributed by atoms with Gasteiger partial charge in [-0.05, 0) is 62.4 Å². The van der Waals surface area contributed by atoms with Crippen molar-refractivity contribution in [2.24, 2.45) is 0 Å². The number of carbonyl (C=O) groups excluding carboxylic acids is 1. The number of aromatic nitrogens is 1. The van der Waals surface area contributed by atoms with Crippen molar-refractivity contribution >= 4 is 17.6 Å². The molecule has 0 bridgehead atoms. The fourth-order valence-corrected chi connectivity index (χ4v) is 3.09. The van der Waals surface area contributed by atoms with Gasteiger partial charge in [-0.2, -0.15) is 0 Å². The molecule has 0 N–H and O–H groups in total. The standard InChI is InChI=1S/C21H20ClNO4/c1-13-5-6-14(2)23(13)17-12-16(22)8-10-18(17)27-21(24)15-7-9-19(25-3)20(11-15)26-4/h5-12H,1-4H3. The second-order valence-corrected chi connectivity index (χ2v) is 6.46. The highest BCUT2D eigenvalue weighted by Gasteiger charge is 2.17. The van der Waals surface area contributed by atoms with Crippen LogP contribution in [0.1, 0.15) is 21.7 Å². The first-order chi connectivity index (χ1) is 12.9. The van der Waals surface area contributed by atoms with Crippen molar-refractivity contribution in [2.45, 2.75) is 13.8 Å². The van der Waals surface area contributed by atoms with Gasteiger partial charge in [-0.3, -0.25) is 0 Å². The zero-order valence-corrected chi connectivity index (χ0v) is 16.3. The molecule has 0 aliphatic heterocycles. The average molecular weight is 386 g/mol. The summed E-state index contributed by atoms with van der Waals surface area (Å²) >= 11 is 6.18. The maximum atomic E-state index is 12.7. The topological polar surface area (TPSA) is 49.7 Å². The summed E-state index contributed by atoms with van der Waals surface area (Å²) in [6, 6.07) is 14.0. The van der Waals surface area contributed by atoms with Crippen molar-refractivity contribution in [1.29, 1.82) is 0 Å². The summed E-state index contributed by atoms with van der Waals surface area (Å²) in [6.45, 7) is 3.96. The zero-order chi connectivity index (χ0) is 19.6. The van der Waals surface area contributed by atoms with E-state index in [0.29, 0.717) is 33.5 Å². The van der Waals surface area contributed by atoms with Crippen LogP contribution in [0.5, 0.6) is 17.2 Å². The second-order valence-electron chi connectivity index (χ2n) is 6.02. The van der Waals surface area contributed by atoms with E-state index in [1.54, 1.807) is 36.4 Å². The lowest BCUT2D eigenvalue weighted by Gasteiger charge is -2.15. The van der Waals surface area contributed by atoms with Crippen LogP contribution in [0.15, 0.2) is 48.5 Å². The molecule has 27 heavy (non-hydrogen) atoms. The fourth-order valence-electron chi connectivity index (χ4n) is 2.92. The summed E-state index contributed by atoms with van der Waals surface area (Å²) in [4.78, 5) is 12.7. The lowest BCUT2D eigenvalue weighted by Crippen LogP contribution is -2.11. The summed E-state index contributed by atoms with van der Waals surface area (Å²) in [5, 5.41) is 0.559. The predicted molar refractivity (Wildman–Crippen MR) is 105 cm³/mol. The minimum absolute atomic E-state index is 0.356. The molecule has 0 radical (unpaired) electrons. The highest BCUT2D eigenvalue weighted by molar-refractivity contribution is 6.30. The number of nitrogens with zero attached hydrogens (tertiary/aromatic N) is 1. The first kappa shape index (κ1) is 18.9. The Labute approximate surface area is 163 Å². The number of hydrogen-bond donors (Lipinski definition) is 0. The van der Waals surface area contributed by atoms with E-state index in [1.165, 1.54) is 14.2 Å². The van der Waals surface area contributed by atoms with Crippen LogP contribution < -0.4 is 14.2 Å². The van der Waals surface area contributed by atoms with Gasteiger partial charge in [0.2, 0.25) is 0 Å². The van der Waals surface area contributed by atoms with Gasteiger partial charge in [-0.15, -0.1) is 0 Å². The van der Waals surface area contributed by atoms with Crippen LogP contribution in [0.25, 0.3) is 5.69 Å². The van der Waals surface area contributed by atoms with Crippen molar-refractivity contribution in [2.75, 3.05) is 14.2 Å². The number of hydrogen-bond acceptors (Lipinski definition) is 4. The lowest BCUT2D eigenvalue weighted by molar-refractivity contribution is 0.0734. The van der Waals surface area contributed by atoms with Gasteiger partial charge in [-0.1, -0.05) is 11.6 Å². The Bertz CT molecular complexity index is 974. The van der Waals surface area contributed by atoms with Gasteiger partial charge in [0.25, 0.3) is 0 Å². The Balaban J connectivity index is 1.98. The summed E-state index contributed by atoms with van der Waals surface area (Å²) < 4.78 is 18.1. The van der Waals surface area contributed by atoms with Crippen molar-refractivity contribution in [3.63, 3.8) is 0 Å². The predicted octanol–water partition coefficient (Wildman–Crippen LogP) is 4.98. The van der Waals surface area contributed by atoms with E-state index in [1.807, 2.05) is 30.5 Å². The highest BCUT2D eigenvalue weighted by atomic mass is 35.5. The summed E-state index contributed by atoms with van der Waals surface area (Å²) in [6.07, 6.45) is 0. The van der Waals surface area contributed by atoms with Crippen LogP contribution in [-0.4, -0.2) is 24.8 Å². The first-order valence-electron chi connectivity index (χ1n) is 8.33. The molecule has 5 nitrogen and oxygen atoms in total. The molecule has 1 aromatic heterocycles. The van der Waals surface area contributed by atoms with Gasteiger partial charge in [-0.25, -0.2) is 4.79 Å². The molecule has 3 rings (SSSR count). The Kier molecular flexibility index (Phi) is 5.42. The van der Waals surface area contributed by atoms with Gasteiger partial charge in [0.05, 0.1) is 25.5 Å². The first-order valence-corrected chi connectivity index (χ1v) is 8.71. The summed E-state index contributed by atoms with van der Waals surface area (Å²) in [7, 11) is 3.06. The Morgan fingerprint density at radius 1 is 0.852 bits per heavy atom.